The Hall–Kier alpha value is -0.750. The fourth-order valence-electron chi connectivity index (χ4n) is 2.76. The molecule has 0 aromatic heterocycles. The van der Waals surface area contributed by atoms with Crippen LogP contribution in [0.4, 0.5) is 0 Å². The molecule has 5 nitrogen and oxygen atoms in total. The number of unbranched alkanes of at least 4 members (excludes halogenated alkanes) is 1. The van der Waals surface area contributed by atoms with Gasteiger partial charge in [0.25, 0.3) is 0 Å². The zero-order valence-corrected chi connectivity index (χ0v) is 14.1. The SMILES string of the molecule is CCCCC(=O)N1CC2(C[C@@H](OCC(=O)N(C)C)CS2)C1. The predicted molar refractivity (Wildman–Crippen MR) is 84.3 cm³/mol. The third kappa shape index (κ3) is 4.13. The van der Waals surface area contributed by atoms with E-state index in [4.69, 9.17) is 4.74 Å². The van der Waals surface area contributed by atoms with Gasteiger partial charge in [-0.25, -0.2) is 0 Å². The molecule has 0 aliphatic carbocycles. The standard InChI is InChI=1S/C15H26N2O3S/c1-4-5-6-13(18)17-10-15(11-17)7-12(9-21-15)20-8-14(19)16(2)3/h12H,4-11H2,1-3H3/t12-/m1/s1. The number of carbonyl (C=O) groups excluding carboxylic acids is 2. The van der Waals surface area contributed by atoms with Crippen molar-refractivity contribution in [3.05, 3.63) is 0 Å². The van der Waals surface area contributed by atoms with Crippen LogP contribution in [-0.2, 0) is 14.3 Å². The Morgan fingerprint density at radius 2 is 2.10 bits per heavy atom. The molecule has 120 valence electrons. The van der Waals surface area contributed by atoms with Crippen molar-refractivity contribution in [3.8, 4) is 0 Å². The number of hydrogen-bond acceptors (Lipinski definition) is 4. The van der Waals surface area contributed by atoms with Gasteiger partial charge in [0.15, 0.2) is 0 Å². The molecule has 2 fully saturated rings. The van der Waals surface area contributed by atoms with Gasteiger partial charge in [0.05, 0.1) is 10.9 Å². The summed E-state index contributed by atoms with van der Waals surface area (Å²) in [4.78, 5) is 27.0. The highest BCUT2D eigenvalue weighted by Crippen LogP contribution is 2.46. The summed E-state index contributed by atoms with van der Waals surface area (Å²) >= 11 is 1.90. The first-order valence-corrected chi connectivity index (χ1v) is 8.68. The fraction of sp³-hybridized carbons (Fsp3) is 0.867. The third-order valence-electron chi connectivity index (χ3n) is 4.17. The molecule has 0 aromatic rings. The topological polar surface area (TPSA) is 49.9 Å². The van der Waals surface area contributed by atoms with Crippen molar-refractivity contribution in [2.24, 2.45) is 0 Å². The molecule has 2 rings (SSSR count). The molecule has 0 bridgehead atoms. The maximum Gasteiger partial charge on any atom is 0.248 e. The second kappa shape index (κ2) is 7.01. The Labute approximate surface area is 131 Å². The molecule has 2 amide bonds. The summed E-state index contributed by atoms with van der Waals surface area (Å²) in [6, 6.07) is 0. The summed E-state index contributed by atoms with van der Waals surface area (Å²) in [5, 5.41) is 0. The van der Waals surface area contributed by atoms with Gasteiger partial charge in [-0.2, -0.15) is 0 Å². The van der Waals surface area contributed by atoms with Crippen molar-refractivity contribution < 1.29 is 14.3 Å². The molecular weight excluding hydrogens is 288 g/mol. The van der Waals surface area contributed by atoms with Crippen molar-refractivity contribution in [3.63, 3.8) is 0 Å². The minimum absolute atomic E-state index is 0.00549. The van der Waals surface area contributed by atoms with E-state index in [1.54, 1.807) is 19.0 Å². The number of likely N-dealkylation sites (tertiary alicyclic amines) is 1. The minimum atomic E-state index is 0.00549. The molecular formula is C15H26N2O3S. The number of likely N-dealkylation sites (N-methyl/N-ethyl adjacent to an activating group) is 1. The van der Waals surface area contributed by atoms with Gasteiger partial charge < -0.3 is 14.5 Å². The summed E-state index contributed by atoms with van der Waals surface area (Å²) in [5.74, 6) is 1.22. The molecule has 0 saturated carbocycles. The van der Waals surface area contributed by atoms with E-state index in [-0.39, 0.29) is 29.3 Å². The van der Waals surface area contributed by atoms with Gasteiger partial charge in [-0.05, 0) is 12.8 Å². The van der Waals surface area contributed by atoms with Crippen molar-refractivity contribution in [1.82, 2.24) is 9.80 Å². The van der Waals surface area contributed by atoms with E-state index in [1.807, 2.05) is 16.7 Å². The van der Waals surface area contributed by atoms with E-state index in [0.717, 1.165) is 38.1 Å². The largest absolute Gasteiger partial charge is 0.367 e. The number of rotatable bonds is 6. The zero-order chi connectivity index (χ0) is 15.5. The maximum atomic E-state index is 11.9. The lowest BCUT2D eigenvalue weighted by atomic mass is 9.92. The average molecular weight is 314 g/mol. The van der Waals surface area contributed by atoms with E-state index in [2.05, 4.69) is 6.92 Å². The summed E-state index contributed by atoms with van der Waals surface area (Å²) in [5.41, 5.74) is 0. The Balaban J connectivity index is 1.69. The molecule has 6 heteroatoms. The first-order chi connectivity index (χ1) is 9.96. The van der Waals surface area contributed by atoms with E-state index < -0.39 is 0 Å². The molecule has 2 saturated heterocycles. The van der Waals surface area contributed by atoms with Gasteiger partial charge >= 0.3 is 0 Å². The van der Waals surface area contributed by atoms with Crippen LogP contribution in [0.1, 0.15) is 32.6 Å². The van der Waals surface area contributed by atoms with Crippen LogP contribution in [0.2, 0.25) is 0 Å². The molecule has 0 radical (unpaired) electrons. The quantitative estimate of drug-likeness (QED) is 0.743. The molecule has 2 aliphatic heterocycles. The number of amides is 2. The summed E-state index contributed by atoms with van der Waals surface area (Å²) in [7, 11) is 3.48. The number of thioether (sulfide) groups is 1. The fourth-order valence-corrected chi connectivity index (χ4v) is 4.31. The van der Waals surface area contributed by atoms with Crippen LogP contribution in [-0.4, -0.2) is 72.0 Å². The third-order valence-corrected chi connectivity index (χ3v) is 5.75. The number of ether oxygens (including phenoxy) is 1. The molecule has 0 aromatic carbocycles. The molecule has 1 atom stereocenters. The molecule has 0 N–H and O–H groups in total. The van der Waals surface area contributed by atoms with Crippen molar-refractivity contribution in [2.75, 3.05) is 39.5 Å². The van der Waals surface area contributed by atoms with Crippen LogP contribution in [0.5, 0.6) is 0 Å². The molecule has 2 aliphatic rings. The van der Waals surface area contributed by atoms with Crippen LogP contribution in [0.15, 0.2) is 0 Å². The highest BCUT2D eigenvalue weighted by atomic mass is 32.2. The molecule has 2 heterocycles. The number of carbonyl (C=O) groups is 2. The van der Waals surface area contributed by atoms with Crippen LogP contribution in [0, 0.1) is 0 Å². The minimum Gasteiger partial charge on any atom is -0.367 e. The second-order valence-electron chi connectivity index (χ2n) is 6.27. The summed E-state index contributed by atoms with van der Waals surface area (Å²) in [6.45, 7) is 3.96. The first-order valence-electron chi connectivity index (χ1n) is 7.69. The zero-order valence-electron chi connectivity index (χ0n) is 13.3. The lowest BCUT2D eigenvalue weighted by molar-refractivity contribution is -0.137. The van der Waals surface area contributed by atoms with Crippen LogP contribution >= 0.6 is 11.8 Å². The van der Waals surface area contributed by atoms with Gasteiger partial charge in [-0.15, -0.1) is 11.8 Å². The Morgan fingerprint density at radius 1 is 1.38 bits per heavy atom. The molecule has 21 heavy (non-hydrogen) atoms. The second-order valence-corrected chi connectivity index (χ2v) is 7.76. The average Bonchev–Trinajstić information content (AvgIpc) is 2.84. The monoisotopic (exact) mass is 314 g/mol. The van der Waals surface area contributed by atoms with Crippen LogP contribution in [0.25, 0.3) is 0 Å². The Bertz CT molecular complexity index is 394. The highest BCUT2D eigenvalue weighted by molar-refractivity contribution is 8.01. The normalized spacial score (nSPS) is 23.2. The number of nitrogens with zero attached hydrogens (tertiary/aromatic N) is 2. The maximum absolute atomic E-state index is 11.9. The van der Waals surface area contributed by atoms with Gasteiger partial charge in [0.2, 0.25) is 11.8 Å². The molecule has 1 spiro atoms. The first kappa shape index (κ1) is 16.6. The van der Waals surface area contributed by atoms with Gasteiger partial charge in [-0.3, -0.25) is 9.59 Å². The van der Waals surface area contributed by atoms with Crippen molar-refractivity contribution in [2.45, 2.75) is 43.5 Å². The lowest BCUT2D eigenvalue weighted by Gasteiger charge is -2.47. The highest BCUT2D eigenvalue weighted by Gasteiger charge is 2.50. The van der Waals surface area contributed by atoms with E-state index >= 15 is 0 Å². The van der Waals surface area contributed by atoms with Crippen molar-refractivity contribution in [1.29, 1.82) is 0 Å². The summed E-state index contributed by atoms with van der Waals surface area (Å²) in [6.07, 6.45) is 3.82. The Morgan fingerprint density at radius 3 is 2.71 bits per heavy atom. The predicted octanol–water partition coefficient (Wildman–Crippen LogP) is 1.37. The summed E-state index contributed by atoms with van der Waals surface area (Å²) < 4.78 is 5.89. The van der Waals surface area contributed by atoms with E-state index in [0.29, 0.717) is 6.42 Å². The van der Waals surface area contributed by atoms with E-state index in [9.17, 15) is 9.59 Å². The lowest BCUT2D eigenvalue weighted by Crippen LogP contribution is -2.60. The van der Waals surface area contributed by atoms with Crippen LogP contribution in [0.3, 0.4) is 0 Å². The van der Waals surface area contributed by atoms with Gasteiger partial charge in [0, 0.05) is 39.4 Å². The van der Waals surface area contributed by atoms with Crippen LogP contribution < -0.4 is 0 Å². The van der Waals surface area contributed by atoms with Gasteiger partial charge in [0.1, 0.15) is 6.61 Å². The smallest absolute Gasteiger partial charge is 0.248 e. The van der Waals surface area contributed by atoms with Gasteiger partial charge in [-0.1, -0.05) is 13.3 Å². The van der Waals surface area contributed by atoms with Crippen molar-refractivity contribution >= 4 is 23.6 Å². The number of hydrogen-bond donors (Lipinski definition) is 0. The molecule has 0 unspecified atom stereocenters. The van der Waals surface area contributed by atoms with E-state index in [1.165, 1.54) is 0 Å². The Kier molecular flexibility index (Phi) is 5.54.